The average Bonchev–Trinajstić information content (AvgIpc) is 2.62. The zero-order valence-corrected chi connectivity index (χ0v) is 10.8. The van der Waals surface area contributed by atoms with Crippen molar-refractivity contribution in [2.24, 2.45) is 0 Å². The molecule has 4 heteroatoms. The highest BCUT2D eigenvalue weighted by Crippen LogP contribution is 2.10. The Morgan fingerprint density at radius 1 is 1.50 bits per heavy atom. The maximum atomic E-state index is 4.32. The van der Waals surface area contributed by atoms with Gasteiger partial charge >= 0.3 is 0 Å². The predicted octanol–water partition coefficient (Wildman–Crippen LogP) is 2.11. The van der Waals surface area contributed by atoms with Gasteiger partial charge in [-0.25, -0.2) is 4.98 Å². The number of rotatable bonds is 4. The zero-order valence-electron chi connectivity index (χ0n) is 9.98. The topological polar surface area (TPSA) is 28.2 Å². The Hall–Kier alpha value is -0.450. The second kappa shape index (κ2) is 6.33. The van der Waals surface area contributed by atoms with E-state index < -0.39 is 0 Å². The Labute approximate surface area is 102 Å². The summed E-state index contributed by atoms with van der Waals surface area (Å²) in [7, 11) is 2.19. The number of hydrogen-bond acceptors (Lipinski definition) is 4. The van der Waals surface area contributed by atoms with Gasteiger partial charge in [0, 0.05) is 24.5 Å². The fourth-order valence-electron chi connectivity index (χ4n) is 2.29. The van der Waals surface area contributed by atoms with Gasteiger partial charge in [0.15, 0.2) is 0 Å². The van der Waals surface area contributed by atoms with Gasteiger partial charge in [-0.3, -0.25) is 4.90 Å². The van der Waals surface area contributed by atoms with Crippen molar-refractivity contribution in [3.05, 3.63) is 16.6 Å². The van der Waals surface area contributed by atoms with Crippen molar-refractivity contribution in [3.63, 3.8) is 0 Å². The molecule has 3 nitrogen and oxygen atoms in total. The second-order valence-electron chi connectivity index (χ2n) is 4.68. The Morgan fingerprint density at radius 2 is 2.44 bits per heavy atom. The summed E-state index contributed by atoms with van der Waals surface area (Å²) in [6.45, 7) is 3.30. The van der Waals surface area contributed by atoms with Gasteiger partial charge in [-0.2, -0.15) is 0 Å². The molecule has 0 spiro atoms. The van der Waals surface area contributed by atoms with Crippen LogP contribution in [0.3, 0.4) is 0 Å². The van der Waals surface area contributed by atoms with E-state index in [0.717, 1.165) is 13.1 Å². The highest BCUT2D eigenvalue weighted by atomic mass is 32.1. The SMILES string of the molecule is CN(Cc1cscn1)CC1CCCCCN1. The summed E-state index contributed by atoms with van der Waals surface area (Å²) in [4.78, 5) is 6.70. The maximum absolute atomic E-state index is 4.32. The van der Waals surface area contributed by atoms with E-state index in [2.05, 4.69) is 27.6 Å². The van der Waals surface area contributed by atoms with Crippen LogP contribution >= 0.6 is 11.3 Å². The lowest BCUT2D eigenvalue weighted by Crippen LogP contribution is -2.38. The summed E-state index contributed by atoms with van der Waals surface area (Å²) in [5.74, 6) is 0. The summed E-state index contributed by atoms with van der Waals surface area (Å²) < 4.78 is 0. The van der Waals surface area contributed by atoms with Gasteiger partial charge in [0.05, 0.1) is 11.2 Å². The summed E-state index contributed by atoms with van der Waals surface area (Å²) >= 11 is 1.68. The standard InChI is InChI=1S/C12H21N3S/c1-15(8-12-9-16-10-14-12)7-11-5-3-2-4-6-13-11/h9-11,13H,2-8H2,1H3. The van der Waals surface area contributed by atoms with E-state index in [4.69, 9.17) is 0 Å². The van der Waals surface area contributed by atoms with E-state index >= 15 is 0 Å². The van der Waals surface area contributed by atoms with Gasteiger partial charge in [-0.1, -0.05) is 12.8 Å². The van der Waals surface area contributed by atoms with Crippen LogP contribution in [0, 0.1) is 0 Å². The van der Waals surface area contributed by atoms with Crippen molar-refractivity contribution >= 4 is 11.3 Å². The highest BCUT2D eigenvalue weighted by molar-refractivity contribution is 7.07. The lowest BCUT2D eigenvalue weighted by atomic mass is 10.1. The molecule has 0 aromatic carbocycles. The minimum Gasteiger partial charge on any atom is -0.313 e. The van der Waals surface area contributed by atoms with Crippen molar-refractivity contribution in [1.29, 1.82) is 0 Å². The van der Waals surface area contributed by atoms with Crippen LogP contribution in [0.2, 0.25) is 0 Å². The lowest BCUT2D eigenvalue weighted by Gasteiger charge is -2.23. The van der Waals surface area contributed by atoms with Crippen molar-refractivity contribution in [2.75, 3.05) is 20.1 Å². The molecule has 1 aromatic rings. The molecule has 1 aromatic heterocycles. The highest BCUT2D eigenvalue weighted by Gasteiger charge is 2.13. The van der Waals surface area contributed by atoms with Crippen molar-refractivity contribution in [2.45, 2.75) is 38.3 Å². The van der Waals surface area contributed by atoms with Crippen LogP contribution in [0.15, 0.2) is 10.9 Å². The summed E-state index contributed by atoms with van der Waals surface area (Å²) in [5.41, 5.74) is 3.11. The zero-order chi connectivity index (χ0) is 11.2. The molecule has 0 bridgehead atoms. The molecule has 16 heavy (non-hydrogen) atoms. The molecule has 0 amide bonds. The smallest absolute Gasteiger partial charge is 0.0795 e. The van der Waals surface area contributed by atoms with Crippen LogP contribution in [-0.2, 0) is 6.54 Å². The number of hydrogen-bond donors (Lipinski definition) is 1. The molecule has 1 saturated heterocycles. The molecule has 1 fully saturated rings. The van der Waals surface area contributed by atoms with E-state index in [1.165, 1.54) is 37.9 Å². The van der Waals surface area contributed by atoms with Crippen LogP contribution in [-0.4, -0.2) is 36.1 Å². The average molecular weight is 239 g/mol. The Kier molecular flexibility index (Phi) is 4.75. The summed E-state index contributed by atoms with van der Waals surface area (Å²) in [6.07, 6.45) is 5.43. The van der Waals surface area contributed by atoms with Crippen LogP contribution in [0.25, 0.3) is 0 Å². The number of thiazole rings is 1. The normalized spacial score (nSPS) is 22.2. The van der Waals surface area contributed by atoms with E-state index in [9.17, 15) is 0 Å². The van der Waals surface area contributed by atoms with Gasteiger partial charge in [0.25, 0.3) is 0 Å². The molecule has 0 aliphatic carbocycles. The van der Waals surface area contributed by atoms with Gasteiger partial charge in [0.1, 0.15) is 0 Å². The molecule has 1 aliphatic rings. The quantitative estimate of drug-likeness (QED) is 0.872. The second-order valence-corrected chi connectivity index (χ2v) is 5.40. The van der Waals surface area contributed by atoms with Crippen LogP contribution in [0.1, 0.15) is 31.4 Å². The first kappa shape index (κ1) is 12.0. The Bertz CT molecular complexity index is 278. The number of likely N-dealkylation sites (N-methyl/N-ethyl adjacent to an activating group) is 1. The first-order chi connectivity index (χ1) is 7.84. The molecule has 2 rings (SSSR count). The van der Waals surface area contributed by atoms with E-state index in [-0.39, 0.29) is 0 Å². The molecular weight excluding hydrogens is 218 g/mol. The predicted molar refractivity (Wildman–Crippen MR) is 68.7 cm³/mol. The Morgan fingerprint density at radius 3 is 3.25 bits per heavy atom. The van der Waals surface area contributed by atoms with Crippen molar-refractivity contribution < 1.29 is 0 Å². The first-order valence-electron chi connectivity index (χ1n) is 6.13. The van der Waals surface area contributed by atoms with Gasteiger partial charge in [-0.05, 0) is 26.4 Å². The van der Waals surface area contributed by atoms with Crippen LogP contribution in [0.5, 0.6) is 0 Å². The minimum atomic E-state index is 0.672. The fraction of sp³-hybridized carbons (Fsp3) is 0.750. The number of aromatic nitrogens is 1. The van der Waals surface area contributed by atoms with Crippen molar-refractivity contribution in [3.8, 4) is 0 Å². The third-order valence-electron chi connectivity index (χ3n) is 3.11. The molecule has 90 valence electrons. The third-order valence-corrected chi connectivity index (χ3v) is 3.75. The van der Waals surface area contributed by atoms with Gasteiger partial charge < -0.3 is 5.32 Å². The molecule has 2 heterocycles. The van der Waals surface area contributed by atoms with Crippen LogP contribution < -0.4 is 5.32 Å². The van der Waals surface area contributed by atoms with Crippen molar-refractivity contribution in [1.82, 2.24) is 15.2 Å². The molecule has 1 unspecified atom stereocenters. The largest absolute Gasteiger partial charge is 0.313 e. The minimum absolute atomic E-state index is 0.672. The first-order valence-corrected chi connectivity index (χ1v) is 7.08. The third kappa shape index (κ3) is 3.85. The van der Waals surface area contributed by atoms with E-state index in [1.807, 2.05) is 5.51 Å². The monoisotopic (exact) mass is 239 g/mol. The fourth-order valence-corrected chi connectivity index (χ4v) is 2.84. The molecule has 0 saturated carbocycles. The Balaban J connectivity index is 1.75. The van der Waals surface area contributed by atoms with Gasteiger partial charge in [-0.15, -0.1) is 11.3 Å². The summed E-state index contributed by atoms with van der Waals surface area (Å²) in [6, 6.07) is 0.672. The molecule has 1 atom stereocenters. The number of nitrogens with zero attached hydrogens (tertiary/aromatic N) is 2. The lowest BCUT2D eigenvalue weighted by molar-refractivity contribution is 0.276. The summed E-state index contributed by atoms with van der Waals surface area (Å²) in [5, 5.41) is 5.77. The maximum Gasteiger partial charge on any atom is 0.0795 e. The molecule has 0 radical (unpaired) electrons. The molecule has 1 N–H and O–H groups in total. The van der Waals surface area contributed by atoms with Gasteiger partial charge in [0.2, 0.25) is 0 Å². The van der Waals surface area contributed by atoms with E-state index in [0.29, 0.717) is 6.04 Å². The molecule has 1 aliphatic heterocycles. The van der Waals surface area contributed by atoms with Crippen LogP contribution in [0.4, 0.5) is 0 Å². The van der Waals surface area contributed by atoms with E-state index in [1.54, 1.807) is 11.3 Å². The molecular formula is C12H21N3S. The number of nitrogens with one attached hydrogen (secondary N) is 1.